The van der Waals surface area contributed by atoms with Gasteiger partial charge in [0.15, 0.2) is 11.6 Å². The van der Waals surface area contributed by atoms with Crippen molar-refractivity contribution >= 4 is 17.5 Å². The largest absolute Gasteiger partial charge is 0.493 e. The summed E-state index contributed by atoms with van der Waals surface area (Å²) in [5.74, 6) is -1.42. The van der Waals surface area contributed by atoms with E-state index in [1.807, 2.05) is 6.07 Å². The number of rotatable bonds is 5. The van der Waals surface area contributed by atoms with Crippen LogP contribution in [-0.2, 0) is 21.6 Å². The van der Waals surface area contributed by atoms with Crippen LogP contribution in [0.25, 0.3) is 5.82 Å². The van der Waals surface area contributed by atoms with Crippen molar-refractivity contribution in [2.75, 3.05) is 7.11 Å². The molecule has 0 saturated heterocycles. The number of pyridine rings is 1. The van der Waals surface area contributed by atoms with Crippen LogP contribution in [0.3, 0.4) is 0 Å². The molecular weight excluding hydrogens is 432 g/mol. The van der Waals surface area contributed by atoms with Crippen LogP contribution >= 0.6 is 0 Å². The van der Waals surface area contributed by atoms with Crippen LogP contribution < -0.4 is 11.2 Å². The normalized spacial score (nSPS) is 11.5. The van der Waals surface area contributed by atoms with Gasteiger partial charge in [0.1, 0.15) is 18.2 Å². The zero-order valence-corrected chi connectivity index (χ0v) is 18.3. The lowest BCUT2D eigenvalue weighted by molar-refractivity contribution is -0.141. The Morgan fingerprint density at radius 2 is 2.00 bits per heavy atom. The molecule has 0 unspecified atom stereocenters. The van der Waals surface area contributed by atoms with Gasteiger partial charge in [-0.25, -0.2) is 9.78 Å². The monoisotopic (exact) mass is 452 g/mol. The van der Waals surface area contributed by atoms with Crippen LogP contribution in [0.4, 0.5) is 11.5 Å². The highest BCUT2D eigenvalue weighted by atomic mass is 16.5. The molecule has 0 aliphatic rings. The lowest BCUT2D eigenvalue weighted by Crippen LogP contribution is -2.48. The first-order valence-electron chi connectivity index (χ1n) is 9.57. The average molecular weight is 452 g/mol. The van der Waals surface area contributed by atoms with Crippen LogP contribution in [0.2, 0.25) is 0 Å². The molecule has 13 heteroatoms. The fourth-order valence-electron chi connectivity index (χ4n) is 2.90. The topological polar surface area (TPSA) is 170 Å². The van der Waals surface area contributed by atoms with E-state index >= 15 is 0 Å². The Labute approximate surface area is 186 Å². The average Bonchev–Trinajstić information content (AvgIpc) is 3.19. The number of esters is 1. The highest BCUT2D eigenvalue weighted by Gasteiger charge is 2.27. The minimum absolute atomic E-state index is 0.0305. The Balaban J connectivity index is 2.25. The molecule has 0 bridgehead atoms. The molecule has 0 fully saturated rings. The number of carbonyl (C=O) groups is 1. The van der Waals surface area contributed by atoms with Crippen molar-refractivity contribution in [3.63, 3.8) is 0 Å². The van der Waals surface area contributed by atoms with Gasteiger partial charge in [0, 0.05) is 11.7 Å². The van der Waals surface area contributed by atoms with Gasteiger partial charge in [-0.2, -0.15) is 15.0 Å². The second kappa shape index (κ2) is 8.87. The second-order valence-electron chi connectivity index (χ2n) is 7.72. The zero-order chi connectivity index (χ0) is 24.3. The first-order valence-corrected chi connectivity index (χ1v) is 9.57. The maximum Gasteiger partial charge on any atom is 0.334 e. The highest BCUT2D eigenvalue weighted by molar-refractivity contribution is 5.69. The quantitative estimate of drug-likeness (QED) is 0.448. The maximum absolute atomic E-state index is 13.1. The molecule has 0 radical (unpaired) electrons. The zero-order valence-electron chi connectivity index (χ0n) is 18.3. The minimum atomic E-state index is -1.02. The van der Waals surface area contributed by atoms with Gasteiger partial charge in [0.25, 0.3) is 5.56 Å². The van der Waals surface area contributed by atoms with Gasteiger partial charge in [0.05, 0.1) is 13.3 Å². The summed E-state index contributed by atoms with van der Waals surface area (Å²) < 4.78 is 7.30. The molecule has 0 aliphatic carbocycles. The molecule has 0 atom stereocenters. The van der Waals surface area contributed by atoms with E-state index in [2.05, 4.69) is 25.0 Å². The van der Waals surface area contributed by atoms with E-state index in [9.17, 15) is 24.8 Å². The summed E-state index contributed by atoms with van der Waals surface area (Å²) in [6, 6.07) is 6.93. The molecule has 33 heavy (non-hydrogen) atoms. The van der Waals surface area contributed by atoms with Gasteiger partial charge in [-0.15, -0.1) is 10.2 Å². The van der Waals surface area contributed by atoms with Gasteiger partial charge in [-0.05, 0) is 32.9 Å². The summed E-state index contributed by atoms with van der Waals surface area (Å²) >= 11 is 0. The second-order valence-corrected chi connectivity index (χ2v) is 7.72. The smallest absolute Gasteiger partial charge is 0.334 e. The Morgan fingerprint density at radius 3 is 2.58 bits per heavy atom. The van der Waals surface area contributed by atoms with E-state index in [1.54, 1.807) is 39.0 Å². The number of ether oxygens (including phenoxy) is 1. The van der Waals surface area contributed by atoms with Crippen LogP contribution in [-0.4, -0.2) is 42.1 Å². The number of nitriles is 1. The standard InChI is InChI=1S/C20H20N8O5/c1-20(2,3)27-18(31)15(17(30)26(19(27)32)11-14(29)33-4)24-25-16-12(9-21)10-23-28(16)13-7-5-6-8-22-13/h5-8,10,30H,11H2,1-4H3. The fraction of sp³-hybridized carbons (Fsp3) is 0.300. The molecule has 170 valence electrons. The molecular formula is C20H20N8O5. The molecule has 3 aromatic rings. The van der Waals surface area contributed by atoms with Crippen molar-refractivity contribution in [2.45, 2.75) is 32.9 Å². The van der Waals surface area contributed by atoms with Gasteiger partial charge in [-0.1, -0.05) is 6.07 Å². The third kappa shape index (κ3) is 4.40. The van der Waals surface area contributed by atoms with E-state index in [1.165, 1.54) is 17.1 Å². The number of hydrogen-bond acceptors (Lipinski definition) is 10. The summed E-state index contributed by atoms with van der Waals surface area (Å²) in [4.78, 5) is 41.8. The molecule has 3 aromatic heterocycles. The van der Waals surface area contributed by atoms with Gasteiger partial charge < -0.3 is 9.84 Å². The number of aromatic nitrogens is 5. The van der Waals surface area contributed by atoms with Crippen molar-refractivity contribution in [1.82, 2.24) is 23.9 Å². The third-order valence-electron chi connectivity index (χ3n) is 4.46. The Morgan fingerprint density at radius 1 is 1.27 bits per heavy atom. The number of aromatic hydroxyl groups is 1. The van der Waals surface area contributed by atoms with E-state index in [-0.39, 0.29) is 11.4 Å². The Kier molecular flexibility index (Phi) is 6.20. The summed E-state index contributed by atoms with van der Waals surface area (Å²) in [5, 5.41) is 31.9. The summed E-state index contributed by atoms with van der Waals surface area (Å²) in [6.07, 6.45) is 2.76. The number of azo groups is 1. The van der Waals surface area contributed by atoms with Gasteiger partial charge in [0.2, 0.25) is 11.6 Å². The first kappa shape index (κ1) is 23.1. The molecule has 1 N–H and O–H groups in total. The Bertz CT molecular complexity index is 1390. The SMILES string of the molecule is COC(=O)Cn1c(O)c(N=Nc2c(C#N)cnn2-c2ccccn2)c(=O)n(C(C)(C)C)c1=O. The predicted molar refractivity (Wildman–Crippen MR) is 114 cm³/mol. The molecule has 0 aliphatic heterocycles. The van der Waals surface area contributed by atoms with Gasteiger partial charge >= 0.3 is 11.7 Å². The third-order valence-corrected chi connectivity index (χ3v) is 4.46. The number of hydrogen-bond donors (Lipinski definition) is 1. The van der Waals surface area contributed by atoms with E-state index in [0.717, 1.165) is 11.7 Å². The lowest BCUT2D eigenvalue weighted by atomic mass is 10.1. The lowest BCUT2D eigenvalue weighted by Gasteiger charge is -2.23. The van der Waals surface area contributed by atoms with Gasteiger partial charge in [-0.3, -0.25) is 18.7 Å². The molecule has 0 spiro atoms. The number of nitrogens with zero attached hydrogens (tertiary/aromatic N) is 8. The van der Waals surface area contributed by atoms with Crippen molar-refractivity contribution in [3.05, 3.63) is 57.0 Å². The molecule has 0 amide bonds. The maximum atomic E-state index is 13.1. The molecule has 3 heterocycles. The number of carbonyl (C=O) groups excluding carboxylic acids is 1. The van der Waals surface area contributed by atoms with E-state index in [0.29, 0.717) is 10.4 Å². The van der Waals surface area contributed by atoms with Crippen LogP contribution in [0.5, 0.6) is 5.88 Å². The molecule has 13 nitrogen and oxygen atoms in total. The predicted octanol–water partition coefficient (Wildman–Crippen LogP) is 1.51. The van der Waals surface area contributed by atoms with Crippen LogP contribution in [0.1, 0.15) is 26.3 Å². The van der Waals surface area contributed by atoms with E-state index in [4.69, 9.17) is 0 Å². The van der Waals surface area contributed by atoms with Crippen molar-refractivity contribution in [2.24, 2.45) is 10.2 Å². The summed E-state index contributed by atoms with van der Waals surface area (Å²) in [5.41, 5.74) is -3.45. The first-order chi connectivity index (χ1) is 15.6. The van der Waals surface area contributed by atoms with Crippen LogP contribution in [0.15, 0.2) is 50.4 Å². The van der Waals surface area contributed by atoms with E-state index < -0.39 is 40.9 Å². The van der Waals surface area contributed by atoms with Crippen molar-refractivity contribution in [1.29, 1.82) is 5.26 Å². The molecule has 0 aromatic carbocycles. The summed E-state index contributed by atoms with van der Waals surface area (Å²) in [6.45, 7) is 4.13. The minimum Gasteiger partial charge on any atom is -0.493 e. The highest BCUT2D eigenvalue weighted by Crippen LogP contribution is 2.27. The molecule has 0 saturated carbocycles. The van der Waals surface area contributed by atoms with Crippen molar-refractivity contribution in [3.8, 4) is 17.8 Å². The number of methoxy groups -OCH3 is 1. The Hall–Kier alpha value is -4.60. The van der Waals surface area contributed by atoms with Crippen LogP contribution in [0, 0.1) is 11.3 Å². The van der Waals surface area contributed by atoms with Crippen molar-refractivity contribution < 1.29 is 14.6 Å². The fourth-order valence-corrected chi connectivity index (χ4v) is 2.90. The molecule has 3 rings (SSSR count). The summed E-state index contributed by atoms with van der Waals surface area (Å²) in [7, 11) is 1.12.